The van der Waals surface area contributed by atoms with Crippen molar-refractivity contribution < 1.29 is 0 Å². The number of benzene rings is 6. The van der Waals surface area contributed by atoms with E-state index in [1.54, 1.807) is 0 Å². The number of aromatic nitrogens is 1. The molecule has 9 aromatic rings. The van der Waals surface area contributed by atoms with Gasteiger partial charge in [0.25, 0.3) is 0 Å². The van der Waals surface area contributed by atoms with Gasteiger partial charge in [-0.25, -0.2) is 0 Å². The standard InChI is InChI=1S/C48H41BN2S2/c1-26-20-33(29-14-11-15-31-43-30-13-8-10-17-41(30)53-46(43)50-45(29)31)44-39(21-26)51(37-24-35-34(22-27(37)2)47(3,4)18-19-48(35,5)6)38-23-32-28-12-7-9-16-40(28)52-42(32)25-36(38)49-44/h7-17,20-25,49-50H,18-19H2,1-6H3. The molecule has 3 aromatic heterocycles. The molecule has 2 nitrogen and oxygen atoms in total. The predicted molar refractivity (Wildman–Crippen MR) is 235 cm³/mol. The van der Waals surface area contributed by atoms with Gasteiger partial charge in [0, 0.05) is 63.7 Å². The second kappa shape index (κ2) is 10.9. The quantitative estimate of drug-likeness (QED) is 0.176. The number of para-hydroxylation sites is 1. The van der Waals surface area contributed by atoms with Gasteiger partial charge >= 0.3 is 0 Å². The maximum Gasteiger partial charge on any atom is 0.198 e. The molecule has 6 aromatic carbocycles. The molecule has 4 heterocycles. The Kier molecular flexibility index (Phi) is 6.50. The normalized spacial score (nSPS) is 16.0. The summed E-state index contributed by atoms with van der Waals surface area (Å²) in [4.78, 5) is 7.83. The summed E-state index contributed by atoms with van der Waals surface area (Å²) in [5.74, 6) is 0. The van der Waals surface area contributed by atoms with Gasteiger partial charge < -0.3 is 9.88 Å². The first-order chi connectivity index (χ1) is 25.6. The second-order valence-electron chi connectivity index (χ2n) is 17.0. The number of hydrogen-bond donors (Lipinski definition) is 1. The van der Waals surface area contributed by atoms with E-state index >= 15 is 0 Å². The molecule has 0 spiro atoms. The van der Waals surface area contributed by atoms with Crippen LogP contribution < -0.4 is 15.8 Å². The van der Waals surface area contributed by atoms with Crippen LogP contribution >= 0.6 is 22.7 Å². The average Bonchev–Trinajstić information content (AvgIpc) is 3.81. The van der Waals surface area contributed by atoms with E-state index in [9.17, 15) is 0 Å². The highest BCUT2D eigenvalue weighted by molar-refractivity contribution is 7.26. The van der Waals surface area contributed by atoms with Crippen molar-refractivity contribution >= 4 is 109 Å². The number of nitrogens with one attached hydrogen (secondary N) is 1. The average molecular weight is 721 g/mol. The van der Waals surface area contributed by atoms with Gasteiger partial charge in [-0.05, 0) is 107 Å². The van der Waals surface area contributed by atoms with Crippen LogP contribution in [0.1, 0.15) is 62.8 Å². The van der Waals surface area contributed by atoms with Crippen molar-refractivity contribution in [2.24, 2.45) is 0 Å². The Bertz CT molecular complexity index is 3030. The highest BCUT2D eigenvalue weighted by Gasteiger charge is 2.39. The number of aryl methyl sites for hydroxylation is 2. The van der Waals surface area contributed by atoms with E-state index < -0.39 is 0 Å². The lowest BCUT2D eigenvalue weighted by atomic mass is 9.57. The van der Waals surface area contributed by atoms with Crippen LogP contribution in [0.4, 0.5) is 17.1 Å². The summed E-state index contributed by atoms with van der Waals surface area (Å²) in [5.41, 5.74) is 16.5. The molecule has 5 heteroatoms. The number of thiophene rings is 2. The van der Waals surface area contributed by atoms with Crippen LogP contribution in [0.15, 0.2) is 103 Å². The molecular formula is C48H41BN2S2. The van der Waals surface area contributed by atoms with Crippen LogP contribution in [0.25, 0.3) is 62.5 Å². The largest absolute Gasteiger partial charge is 0.346 e. The van der Waals surface area contributed by atoms with Crippen LogP contribution in [-0.4, -0.2) is 12.3 Å². The van der Waals surface area contributed by atoms with Gasteiger partial charge in [0.1, 0.15) is 4.83 Å². The van der Waals surface area contributed by atoms with Crippen molar-refractivity contribution in [1.29, 1.82) is 0 Å². The van der Waals surface area contributed by atoms with Gasteiger partial charge in [0.05, 0.1) is 5.52 Å². The van der Waals surface area contributed by atoms with Crippen LogP contribution in [-0.2, 0) is 10.8 Å². The molecule has 1 N–H and O–H groups in total. The first-order valence-electron chi connectivity index (χ1n) is 19.0. The van der Waals surface area contributed by atoms with Crippen LogP contribution in [0.2, 0.25) is 0 Å². The first-order valence-corrected chi connectivity index (χ1v) is 20.6. The topological polar surface area (TPSA) is 19.0 Å². The SMILES string of the molecule is Cc1cc(-c2cccc3c2[nH]c2sc4ccccc4c23)c2c(c1)N(c1cc3c(cc1C)C(C)(C)CCC3(C)C)c1cc3c(cc1B2)sc1ccccc13. The predicted octanol–water partition coefficient (Wildman–Crippen LogP) is 12.7. The fraction of sp³-hybridized carbons (Fsp3) is 0.208. The molecule has 1 aliphatic heterocycles. The number of hydrogen-bond acceptors (Lipinski definition) is 3. The Morgan fingerprint density at radius 1 is 0.604 bits per heavy atom. The molecule has 0 saturated heterocycles. The minimum Gasteiger partial charge on any atom is -0.346 e. The minimum atomic E-state index is 0.111. The Morgan fingerprint density at radius 3 is 2.09 bits per heavy atom. The second-order valence-corrected chi connectivity index (χ2v) is 19.1. The summed E-state index contributed by atoms with van der Waals surface area (Å²) in [5, 5.41) is 6.69. The zero-order valence-electron chi connectivity index (χ0n) is 31.2. The van der Waals surface area contributed by atoms with Gasteiger partial charge in [-0.15, -0.1) is 22.7 Å². The summed E-state index contributed by atoms with van der Waals surface area (Å²) >= 11 is 3.78. The highest BCUT2D eigenvalue weighted by atomic mass is 32.1. The van der Waals surface area contributed by atoms with E-state index in [1.807, 2.05) is 22.7 Å². The van der Waals surface area contributed by atoms with Gasteiger partial charge in [-0.3, -0.25) is 0 Å². The van der Waals surface area contributed by atoms with E-state index in [1.165, 1.54) is 126 Å². The van der Waals surface area contributed by atoms with E-state index in [4.69, 9.17) is 0 Å². The molecule has 1 aliphatic carbocycles. The summed E-state index contributed by atoms with van der Waals surface area (Å²) in [6.07, 6.45) is 2.41. The third kappa shape index (κ3) is 4.50. The fourth-order valence-electron chi connectivity index (χ4n) is 9.74. The molecular weight excluding hydrogens is 679 g/mol. The summed E-state index contributed by atoms with van der Waals surface area (Å²) < 4.78 is 4.05. The Hall–Kier alpha value is -4.84. The number of anilines is 3. The van der Waals surface area contributed by atoms with Crippen molar-refractivity contribution in [2.45, 2.75) is 65.2 Å². The van der Waals surface area contributed by atoms with Crippen LogP contribution in [0, 0.1) is 13.8 Å². The molecule has 53 heavy (non-hydrogen) atoms. The molecule has 0 bridgehead atoms. The molecule has 0 amide bonds. The van der Waals surface area contributed by atoms with Gasteiger partial charge in [-0.2, -0.15) is 0 Å². The summed E-state index contributed by atoms with van der Waals surface area (Å²) in [7, 11) is 0.887. The van der Waals surface area contributed by atoms with E-state index in [2.05, 4.69) is 155 Å². The van der Waals surface area contributed by atoms with E-state index in [0.29, 0.717) is 0 Å². The van der Waals surface area contributed by atoms with Gasteiger partial charge in [0.15, 0.2) is 7.28 Å². The van der Waals surface area contributed by atoms with Crippen molar-refractivity contribution in [3.8, 4) is 11.1 Å². The van der Waals surface area contributed by atoms with Gasteiger partial charge in [0.2, 0.25) is 0 Å². The zero-order valence-corrected chi connectivity index (χ0v) is 32.8. The lowest BCUT2D eigenvalue weighted by Crippen LogP contribution is -2.41. The first kappa shape index (κ1) is 31.7. The maximum atomic E-state index is 3.93. The van der Waals surface area contributed by atoms with E-state index in [-0.39, 0.29) is 10.8 Å². The summed E-state index contributed by atoms with van der Waals surface area (Å²) in [6.45, 7) is 14.4. The number of aromatic amines is 1. The maximum absolute atomic E-state index is 3.93. The fourth-order valence-corrected chi connectivity index (χ4v) is 12.0. The number of H-pyrrole nitrogens is 1. The Labute approximate surface area is 319 Å². The van der Waals surface area contributed by atoms with Crippen LogP contribution in [0.5, 0.6) is 0 Å². The molecule has 0 radical (unpaired) electrons. The summed E-state index contributed by atoms with van der Waals surface area (Å²) in [6, 6.07) is 39.7. The lowest BCUT2D eigenvalue weighted by Gasteiger charge is -2.44. The van der Waals surface area contributed by atoms with Gasteiger partial charge in [-0.1, -0.05) is 99.9 Å². The molecule has 0 fully saturated rings. The lowest BCUT2D eigenvalue weighted by molar-refractivity contribution is 0.332. The molecule has 0 unspecified atom stereocenters. The molecule has 11 rings (SSSR count). The number of rotatable bonds is 2. The van der Waals surface area contributed by atoms with E-state index in [0.717, 1.165) is 7.28 Å². The molecule has 258 valence electrons. The third-order valence-corrected chi connectivity index (χ3v) is 14.9. The molecule has 0 saturated carbocycles. The monoisotopic (exact) mass is 720 g/mol. The zero-order chi connectivity index (χ0) is 36.0. The minimum absolute atomic E-state index is 0.111. The smallest absolute Gasteiger partial charge is 0.198 e. The Morgan fingerprint density at radius 2 is 1.30 bits per heavy atom. The van der Waals surface area contributed by atoms with Crippen molar-refractivity contribution in [2.75, 3.05) is 4.90 Å². The van der Waals surface area contributed by atoms with Crippen LogP contribution in [0.3, 0.4) is 0 Å². The van der Waals surface area contributed by atoms with Crippen molar-refractivity contribution in [3.05, 3.63) is 125 Å². The highest BCUT2D eigenvalue weighted by Crippen LogP contribution is 2.50. The number of fused-ring (bicyclic) bond motifs is 11. The van der Waals surface area contributed by atoms with Crippen molar-refractivity contribution in [3.63, 3.8) is 0 Å². The molecule has 2 aliphatic rings. The third-order valence-electron chi connectivity index (χ3n) is 12.7. The van der Waals surface area contributed by atoms with Crippen molar-refractivity contribution in [1.82, 2.24) is 4.98 Å². The number of nitrogens with zero attached hydrogens (tertiary/aromatic N) is 1. The molecule has 0 atom stereocenters. The Balaban J connectivity index is 1.21.